The molecular weight excluding hydrogens is 413 g/mol. The monoisotopic (exact) mass is 429 g/mol. The van der Waals surface area contributed by atoms with Crippen LogP contribution in [0.15, 0.2) is 34.9 Å². The minimum atomic E-state index is -4.89. The molecule has 2 aromatic heterocycles. The summed E-state index contributed by atoms with van der Waals surface area (Å²) in [6.45, 7) is 2.18. The summed E-state index contributed by atoms with van der Waals surface area (Å²) >= 11 is 0. The van der Waals surface area contributed by atoms with Gasteiger partial charge in [-0.15, -0.1) is 0 Å². The van der Waals surface area contributed by atoms with Crippen molar-refractivity contribution in [2.24, 2.45) is 0 Å². The molecular formula is C18H16F5N5O2. The van der Waals surface area contributed by atoms with Gasteiger partial charge in [0.2, 0.25) is 11.7 Å². The molecule has 0 unspecified atom stereocenters. The second-order valence-corrected chi connectivity index (χ2v) is 6.51. The Balaban J connectivity index is 1.80. The van der Waals surface area contributed by atoms with Crippen LogP contribution in [0.4, 0.5) is 22.0 Å². The van der Waals surface area contributed by atoms with Crippen LogP contribution in [0.2, 0.25) is 0 Å². The van der Waals surface area contributed by atoms with Crippen LogP contribution in [0, 0.1) is 6.92 Å². The molecule has 2 heterocycles. The smallest absolute Gasteiger partial charge is 0.339 e. The maximum absolute atomic E-state index is 12.9. The van der Waals surface area contributed by atoms with E-state index in [2.05, 4.69) is 20.6 Å². The number of nitrogens with one attached hydrogen (secondary N) is 1. The number of benzene rings is 1. The third-order valence-corrected chi connectivity index (χ3v) is 4.05. The van der Waals surface area contributed by atoms with Crippen molar-refractivity contribution in [1.82, 2.24) is 25.2 Å². The van der Waals surface area contributed by atoms with Crippen molar-refractivity contribution in [3.63, 3.8) is 0 Å². The number of alkyl halides is 5. The van der Waals surface area contributed by atoms with Crippen molar-refractivity contribution in [3.8, 4) is 11.4 Å². The Labute approximate surface area is 166 Å². The normalized spacial score (nSPS) is 12.9. The van der Waals surface area contributed by atoms with Gasteiger partial charge in [-0.1, -0.05) is 28.9 Å². The highest BCUT2D eigenvalue weighted by molar-refractivity contribution is 5.93. The van der Waals surface area contributed by atoms with Gasteiger partial charge in [-0.3, -0.25) is 9.48 Å². The summed E-state index contributed by atoms with van der Waals surface area (Å²) in [4.78, 5) is 16.6. The summed E-state index contributed by atoms with van der Waals surface area (Å²) in [5.74, 6) is -0.783. The van der Waals surface area contributed by atoms with Crippen LogP contribution >= 0.6 is 0 Å². The molecule has 1 amide bonds. The molecule has 3 aromatic rings. The first-order valence-electron chi connectivity index (χ1n) is 8.69. The fourth-order valence-corrected chi connectivity index (χ4v) is 2.65. The average molecular weight is 429 g/mol. The summed E-state index contributed by atoms with van der Waals surface area (Å²) in [5, 5.41) is 9.25. The van der Waals surface area contributed by atoms with E-state index in [9.17, 15) is 26.7 Å². The Kier molecular flexibility index (Phi) is 5.85. The number of aryl methyl sites for hydroxylation is 1. The fourth-order valence-electron chi connectivity index (χ4n) is 2.65. The maximum Gasteiger partial charge on any atom is 0.435 e. The van der Waals surface area contributed by atoms with Gasteiger partial charge < -0.3 is 9.84 Å². The van der Waals surface area contributed by atoms with Gasteiger partial charge in [-0.05, 0) is 19.9 Å². The van der Waals surface area contributed by atoms with E-state index in [1.54, 1.807) is 12.1 Å². The summed E-state index contributed by atoms with van der Waals surface area (Å²) < 4.78 is 69.4. The lowest BCUT2D eigenvalue weighted by Gasteiger charge is -2.11. The van der Waals surface area contributed by atoms with E-state index in [1.807, 2.05) is 19.1 Å². The van der Waals surface area contributed by atoms with E-state index in [4.69, 9.17) is 4.52 Å². The highest BCUT2D eigenvalue weighted by Crippen LogP contribution is 2.29. The molecule has 0 saturated carbocycles. The first kappa shape index (κ1) is 21.4. The van der Waals surface area contributed by atoms with Crippen molar-refractivity contribution in [2.75, 3.05) is 0 Å². The molecule has 0 saturated heterocycles. The Morgan fingerprint density at radius 2 is 2.00 bits per heavy atom. The zero-order chi connectivity index (χ0) is 22.1. The SMILES string of the molecule is Cc1cccc(-c2noc([C@H](C)NC(=O)c3cc(C(F)(F)F)nn3CC(F)F)n2)c1. The molecule has 1 N–H and O–H groups in total. The molecule has 0 spiro atoms. The van der Waals surface area contributed by atoms with E-state index < -0.39 is 42.5 Å². The molecule has 7 nitrogen and oxygen atoms in total. The second kappa shape index (κ2) is 8.20. The molecule has 30 heavy (non-hydrogen) atoms. The third kappa shape index (κ3) is 4.81. The van der Waals surface area contributed by atoms with Gasteiger partial charge in [0.05, 0.1) is 0 Å². The van der Waals surface area contributed by atoms with Crippen LogP contribution in [0.3, 0.4) is 0 Å². The number of carbonyl (C=O) groups is 1. The summed E-state index contributed by atoms with van der Waals surface area (Å²) in [6, 6.07) is 6.77. The van der Waals surface area contributed by atoms with Crippen LogP contribution in [-0.4, -0.2) is 32.3 Å². The van der Waals surface area contributed by atoms with Gasteiger partial charge in [-0.2, -0.15) is 23.3 Å². The van der Waals surface area contributed by atoms with Crippen LogP contribution in [0.5, 0.6) is 0 Å². The molecule has 0 bridgehead atoms. The zero-order valence-electron chi connectivity index (χ0n) is 15.7. The number of amides is 1. The van der Waals surface area contributed by atoms with Crippen molar-refractivity contribution in [2.45, 2.75) is 39.0 Å². The quantitative estimate of drug-likeness (QED) is 0.599. The maximum atomic E-state index is 12.9. The lowest BCUT2D eigenvalue weighted by Crippen LogP contribution is -2.29. The predicted octanol–water partition coefficient (Wildman–Crippen LogP) is 4.02. The number of aromatic nitrogens is 4. The number of halogens is 5. The molecule has 0 radical (unpaired) electrons. The van der Waals surface area contributed by atoms with Crippen LogP contribution in [0.1, 0.15) is 40.6 Å². The Bertz CT molecular complexity index is 1040. The van der Waals surface area contributed by atoms with Gasteiger partial charge in [-0.25, -0.2) is 8.78 Å². The van der Waals surface area contributed by atoms with Crippen molar-refractivity contribution in [1.29, 1.82) is 0 Å². The number of rotatable bonds is 6. The van der Waals surface area contributed by atoms with Crippen molar-refractivity contribution in [3.05, 3.63) is 53.2 Å². The van der Waals surface area contributed by atoms with Crippen LogP contribution in [-0.2, 0) is 12.7 Å². The number of nitrogens with zero attached hydrogens (tertiary/aromatic N) is 4. The van der Waals surface area contributed by atoms with Crippen molar-refractivity contribution >= 4 is 5.91 Å². The fraction of sp³-hybridized carbons (Fsp3) is 0.333. The van der Waals surface area contributed by atoms with E-state index >= 15 is 0 Å². The molecule has 0 aliphatic carbocycles. The highest BCUT2D eigenvalue weighted by atomic mass is 19.4. The second-order valence-electron chi connectivity index (χ2n) is 6.51. The number of carbonyl (C=O) groups excluding carboxylic acids is 1. The van der Waals surface area contributed by atoms with Crippen molar-refractivity contribution < 1.29 is 31.3 Å². The molecule has 1 atom stereocenters. The lowest BCUT2D eigenvalue weighted by atomic mass is 10.1. The zero-order valence-corrected chi connectivity index (χ0v) is 15.7. The Morgan fingerprint density at radius 3 is 2.63 bits per heavy atom. The molecule has 1 aromatic carbocycles. The molecule has 3 rings (SSSR count). The highest BCUT2D eigenvalue weighted by Gasteiger charge is 2.36. The third-order valence-electron chi connectivity index (χ3n) is 4.05. The largest absolute Gasteiger partial charge is 0.435 e. The Hall–Kier alpha value is -3.31. The lowest BCUT2D eigenvalue weighted by molar-refractivity contribution is -0.141. The van der Waals surface area contributed by atoms with E-state index in [0.29, 0.717) is 16.3 Å². The van der Waals surface area contributed by atoms with E-state index in [-0.39, 0.29) is 11.7 Å². The molecule has 0 fully saturated rings. The first-order chi connectivity index (χ1) is 14.0. The minimum absolute atomic E-state index is 0.00386. The summed E-state index contributed by atoms with van der Waals surface area (Å²) in [6.07, 6.45) is -7.88. The summed E-state index contributed by atoms with van der Waals surface area (Å²) in [5.41, 5.74) is -0.463. The topological polar surface area (TPSA) is 85.8 Å². The van der Waals surface area contributed by atoms with Crippen LogP contribution in [0.25, 0.3) is 11.4 Å². The van der Waals surface area contributed by atoms with Gasteiger partial charge in [0.25, 0.3) is 12.3 Å². The van der Waals surface area contributed by atoms with Gasteiger partial charge in [0, 0.05) is 11.6 Å². The minimum Gasteiger partial charge on any atom is -0.339 e. The van der Waals surface area contributed by atoms with Crippen LogP contribution < -0.4 is 5.32 Å². The van der Waals surface area contributed by atoms with Gasteiger partial charge >= 0.3 is 6.18 Å². The van der Waals surface area contributed by atoms with Gasteiger partial charge in [0.15, 0.2) is 5.69 Å². The predicted molar refractivity (Wildman–Crippen MR) is 93.6 cm³/mol. The molecule has 0 aliphatic heterocycles. The van der Waals surface area contributed by atoms with E-state index in [1.165, 1.54) is 6.92 Å². The standard InChI is InChI=1S/C18H16F5N5O2/c1-9-4-3-5-11(6-9)15-25-17(30-27-15)10(2)24-16(29)12-7-13(18(21,22)23)26-28(12)8-14(19)20/h3-7,10,14H,8H2,1-2H3,(H,24,29)/t10-/m0/s1. The molecule has 0 aliphatic rings. The Morgan fingerprint density at radius 1 is 1.27 bits per heavy atom. The first-order valence-corrected chi connectivity index (χ1v) is 8.69. The molecule has 12 heteroatoms. The summed E-state index contributed by atoms with van der Waals surface area (Å²) in [7, 11) is 0. The average Bonchev–Trinajstić information content (AvgIpc) is 3.28. The number of hydrogen-bond donors (Lipinski definition) is 1. The number of hydrogen-bond acceptors (Lipinski definition) is 5. The van der Waals surface area contributed by atoms with Gasteiger partial charge in [0.1, 0.15) is 18.3 Å². The molecule has 160 valence electrons. The van der Waals surface area contributed by atoms with E-state index in [0.717, 1.165) is 5.56 Å².